The number of hydrogen-bond donors (Lipinski definition) is 3. The zero-order valence-corrected chi connectivity index (χ0v) is 14.9. The third-order valence-electron chi connectivity index (χ3n) is 4.37. The third-order valence-corrected chi connectivity index (χ3v) is 4.37. The molecular formula is C20H19N3O5. The van der Waals surface area contributed by atoms with Crippen molar-refractivity contribution < 1.29 is 14.7 Å². The van der Waals surface area contributed by atoms with Crippen molar-refractivity contribution in [3.8, 4) is 0 Å². The fourth-order valence-corrected chi connectivity index (χ4v) is 2.93. The van der Waals surface area contributed by atoms with E-state index in [4.69, 9.17) is 0 Å². The minimum atomic E-state index is -1.15. The predicted octanol–water partition coefficient (Wildman–Crippen LogP) is 0.892. The second-order valence-corrected chi connectivity index (χ2v) is 6.33. The number of carbonyl (C=O) groups excluding carboxylic acids is 1. The van der Waals surface area contributed by atoms with Crippen LogP contribution < -0.4 is 16.6 Å². The second kappa shape index (κ2) is 8.34. The van der Waals surface area contributed by atoms with Crippen molar-refractivity contribution in [3.05, 3.63) is 81.0 Å². The van der Waals surface area contributed by atoms with Gasteiger partial charge < -0.3 is 15.4 Å². The molecule has 0 aliphatic heterocycles. The van der Waals surface area contributed by atoms with E-state index in [1.807, 2.05) is 6.07 Å². The first kappa shape index (κ1) is 19.1. The van der Waals surface area contributed by atoms with Crippen molar-refractivity contribution in [3.63, 3.8) is 0 Å². The molecule has 1 aromatic heterocycles. The Hall–Kier alpha value is -3.68. The van der Waals surface area contributed by atoms with Gasteiger partial charge in [-0.1, -0.05) is 42.5 Å². The molecule has 1 heterocycles. The summed E-state index contributed by atoms with van der Waals surface area (Å²) in [5.74, 6) is -1.71. The highest BCUT2D eigenvalue weighted by molar-refractivity contribution is 5.83. The van der Waals surface area contributed by atoms with Crippen molar-refractivity contribution in [1.29, 1.82) is 0 Å². The molecule has 3 N–H and O–H groups in total. The molecule has 3 aromatic rings. The number of nitrogens with one attached hydrogen (secondary N) is 2. The SMILES string of the molecule is O=C(CCn1c(=O)[nH]c2ccccc2c1=O)N[C@@H](Cc1ccccc1)C(=O)O. The van der Waals surface area contributed by atoms with Crippen molar-refractivity contribution in [1.82, 2.24) is 14.9 Å². The topological polar surface area (TPSA) is 121 Å². The molecule has 0 aliphatic carbocycles. The molecule has 1 atom stereocenters. The highest BCUT2D eigenvalue weighted by Crippen LogP contribution is 2.05. The molecule has 0 spiro atoms. The zero-order valence-electron chi connectivity index (χ0n) is 14.9. The molecule has 0 saturated carbocycles. The summed E-state index contributed by atoms with van der Waals surface area (Å²) in [5.41, 5.74) is 0.0891. The first-order valence-corrected chi connectivity index (χ1v) is 8.73. The Morgan fingerprint density at radius 1 is 1.04 bits per heavy atom. The van der Waals surface area contributed by atoms with E-state index in [0.29, 0.717) is 10.9 Å². The van der Waals surface area contributed by atoms with E-state index < -0.39 is 29.2 Å². The van der Waals surface area contributed by atoms with E-state index in [0.717, 1.165) is 10.1 Å². The van der Waals surface area contributed by atoms with E-state index in [1.165, 1.54) is 0 Å². The zero-order chi connectivity index (χ0) is 20.1. The summed E-state index contributed by atoms with van der Waals surface area (Å²) >= 11 is 0. The molecule has 0 unspecified atom stereocenters. The van der Waals surface area contributed by atoms with Gasteiger partial charge in [-0.3, -0.25) is 14.2 Å². The maximum absolute atomic E-state index is 12.5. The number of amides is 1. The van der Waals surface area contributed by atoms with Gasteiger partial charge in [0.1, 0.15) is 6.04 Å². The molecule has 8 heteroatoms. The van der Waals surface area contributed by atoms with Gasteiger partial charge >= 0.3 is 11.7 Å². The number of H-pyrrole nitrogens is 1. The van der Waals surface area contributed by atoms with Crippen LogP contribution in [0, 0.1) is 0 Å². The molecule has 2 aromatic carbocycles. The minimum absolute atomic E-state index is 0.137. The van der Waals surface area contributed by atoms with E-state index in [2.05, 4.69) is 10.3 Å². The fraction of sp³-hybridized carbons (Fsp3) is 0.200. The van der Waals surface area contributed by atoms with Crippen LogP contribution in [-0.2, 0) is 22.6 Å². The van der Waals surface area contributed by atoms with Crippen molar-refractivity contribution >= 4 is 22.8 Å². The van der Waals surface area contributed by atoms with Gasteiger partial charge in [0.05, 0.1) is 10.9 Å². The summed E-state index contributed by atoms with van der Waals surface area (Å²) in [6, 6.07) is 14.4. The van der Waals surface area contributed by atoms with Gasteiger partial charge in [-0.15, -0.1) is 0 Å². The van der Waals surface area contributed by atoms with Gasteiger partial charge in [0, 0.05) is 19.4 Å². The van der Waals surface area contributed by atoms with Crippen molar-refractivity contribution in [2.75, 3.05) is 0 Å². The molecule has 28 heavy (non-hydrogen) atoms. The van der Waals surface area contributed by atoms with Crippen LogP contribution in [0.4, 0.5) is 0 Å². The number of rotatable bonds is 7. The van der Waals surface area contributed by atoms with Gasteiger partial charge in [-0.2, -0.15) is 0 Å². The summed E-state index contributed by atoms with van der Waals surface area (Å²) in [6.07, 6.45) is -0.0572. The lowest BCUT2D eigenvalue weighted by atomic mass is 10.1. The summed E-state index contributed by atoms with van der Waals surface area (Å²) < 4.78 is 0.939. The summed E-state index contributed by atoms with van der Waals surface area (Å²) in [5, 5.41) is 12.1. The lowest BCUT2D eigenvalue weighted by Crippen LogP contribution is -2.43. The molecule has 0 bridgehead atoms. The van der Waals surface area contributed by atoms with Crippen LogP contribution in [-0.4, -0.2) is 32.6 Å². The quantitative estimate of drug-likeness (QED) is 0.561. The van der Waals surface area contributed by atoms with Gasteiger partial charge in [-0.25, -0.2) is 9.59 Å². The normalized spacial score (nSPS) is 11.9. The van der Waals surface area contributed by atoms with Crippen LogP contribution in [0.5, 0.6) is 0 Å². The third kappa shape index (κ3) is 4.35. The smallest absolute Gasteiger partial charge is 0.328 e. The Morgan fingerprint density at radius 3 is 2.43 bits per heavy atom. The number of nitrogens with zero attached hydrogens (tertiary/aromatic N) is 1. The molecule has 0 saturated heterocycles. The Kier molecular flexibility index (Phi) is 5.69. The highest BCUT2D eigenvalue weighted by atomic mass is 16.4. The van der Waals surface area contributed by atoms with E-state index in [1.54, 1.807) is 48.5 Å². The molecule has 1 amide bonds. The lowest BCUT2D eigenvalue weighted by Gasteiger charge is -2.15. The molecule has 0 fully saturated rings. The molecule has 0 aliphatic rings. The Balaban J connectivity index is 1.69. The van der Waals surface area contributed by atoms with Crippen LogP contribution in [0.2, 0.25) is 0 Å². The second-order valence-electron chi connectivity index (χ2n) is 6.33. The van der Waals surface area contributed by atoms with E-state index in [-0.39, 0.29) is 19.4 Å². The summed E-state index contributed by atoms with van der Waals surface area (Å²) in [6.45, 7) is -0.150. The maximum Gasteiger partial charge on any atom is 0.328 e. The van der Waals surface area contributed by atoms with Gasteiger partial charge in [0.15, 0.2) is 0 Å². The fourth-order valence-electron chi connectivity index (χ4n) is 2.93. The number of aromatic amines is 1. The van der Waals surface area contributed by atoms with Crippen LogP contribution >= 0.6 is 0 Å². The average Bonchev–Trinajstić information content (AvgIpc) is 2.68. The van der Waals surface area contributed by atoms with Crippen molar-refractivity contribution in [2.45, 2.75) is 25.4 Å². The van der Waals surface area contributed by atoms with Gasteiger partial charge in [-0.05, 0) is 17.7 Å². The summed E-state index contributed by atoms with van der Waals surface area (Å²) in [7, 11) is 0. The molecule has 144 valence electrons. The number of aliphatic carboxylic acids is 1. The van der Waals surface area contributed by atoms with Gasteiger partial charge in [0.25, 0.3) is 5.56 Å². The molecular weight excluding hydrogens is 362 g/mol. The largest absolute Gasteiger partial charge is 0.480 e. The van der Waals surface area contributed by atoms with E-state index >= 15 is 0 Å². The number of carbonyl (C=O) groups is 2. The Bertz CT molecular complexity index is 1120. The number of carboxylic acids is 1. The number of para-hydroxylation sites is 1. The molecule has 3 rings (SSSR count). The average molecular weight is 381 g/mol. The van der Waals surface area contributed by atoms with Crippen LogP contribution in [0.25, 0.3) is 10.9 Å². The van der Waals surface area contributed by atoms with Crippen LogP contribution in [0.15, 0.2) is 64.2 Å². The molecule has 8 nitrogen and oxygen atoms in total. The number of aromatic nitrogens is 2. The van der Waals surface area contributed by atoms with Crippen LogP contribution in [0.3, 0.4) is 0 Å². The lowest BCUT2D eigenvalue weighted by molar-refractivity contribution is -0.141. The molecule has 0 radical (unpaired) electrons. The van der Waals surface area contributed by atoms with Crippen LogP contribution in [0.1, 0.15) is 12.0 Å². The Labute approximate surface area is 159 Å². The standard InChI is InChI=1S/C20H19N3O5/c24-17(21-16(19(26)27)12-13-6-2-1-3-7-13)10-11-23-18(25)14-8-4-5-9-15(14)22-20(23)28/h1-9,16H,10-12H2,(H,21,24)(H,22,28)(H,26,27)/t16-/m0/s1. The number of carboxylic acid groups (broad SMARTS) is 1. The van der Waals surface area contributed by atoms with E-state index in [9.17, 15) is 24.3 Å². The van der Waals surface area contributed by atoms with Gasteiger partial charge in [0.2, 0.25) is 5.91 Å². The number of fused-ring (bicyclic) bond motifs is 1. The Morgan fingerprint density at radius 2 is 1.71 bits per heavy atom. The highest BCUT2D eigenvalue weighted by Gasteiger charge is 2.20. The van der Waals surface area contributed by atoms with Crippen molar-refractivity contribution in [2.24, 2.45) is 0 Å². The first-order chi connectivity index (χ1) is 13.5. The monoisotopic (exact) mass is 381 g/mol. The summed E-state index contributed by atoms with van der Waals surface area (Å²) in [4.78, 5) is 50.8. The number of benzene rings is 2. The maximum atomic E-state index is 12.5. The minimum Gasteiger partial charge on any atom is -0.480 e. The predicted molar refractivity (Wildman–Crippen MR) is 103 cm³/mol. The number of hydrogen-bond acceptors (Lipinski definition) is 4. The first-order valence-electron chi connectivity index (χ1n) is 8.73.